The summed E-state index contributed by atoms with van der Waals surface area (Å²) in [6.45, 7) is 2.31. The number of rotatable bonds is 4. The molecule has 138 valence electrons. The normalized spacial score (nSPS) is 16.4. The largest absolute Gasteiger partial charge is 0.323 e. The maximum absolute atomic E-state index is 13.7. The molecular formula is C19H21FN2O3S. The lowest BCUT2D eigenvalue weighted by atomic mass is 9.97. The van der Waals surface area contributed by atoms with Gasteiger partial charge in [-0.25, -0.2) is 12.8 Å². The van der Waals surface area contributed by atoms with Gasteiger partial charge in [-0.3, -0.25) is 4.79 Å². The summed E-state index contributed by atoms with van der Waals surface area (Å²) in [6.07, 6.45) is 0.816. The van der Waals surface area contributed by atoms with Crippen LogP contribution in [0.5, 0.6) is 0 Å². The second-order valence-corrected chi connectivity index (χ2v) is 8.32. The molecule has 0 radical (unpaired) electrons. The summed E-state index contributed by atoms with van der Waals surface area (Å²) in [7, 11) is -3.57. The monoisotopic (exact) mass is 376 g/mol. The van der Waals surface area contributed by atoms with Crippen molar-refractivity contribution in [1.82, 2.24) is 4.31 Å². The van der Waals surface area contributed by atoms with Crippen LogP contribution in [0, 0.1) is 18.7 Å². The minimum Gasteiger partial charge on any atom is -0.323 e. The number of hydrogen-bond donors (Lipinski definition) is 1. The Morgan fingerprint density at radius 2 is 1.69 bits per heavy atom. The van der Waals surface area contributed by atoms with Crippen LogP contribution in [0.4, 0.5) is 10.1 Å². The Morgan fingerprint density at radius 3 is 2.35 bits per heavy atom. The van der Waals surface area contributed by atoms with E-state index in [1.165, 1.54) is 16.4 Å². The number of benzene rings is 2. The van der Waals surface area contributed by atoms with Crippen LogP contribution in [0.3, 0.4) is 0 Å². The van der Waals surface area contributed by atoms with Crippen molar-refractivity contribution >= 4 is 21.6 Å². The van der Waals surface area contributed by atoms with Gasteiger partial charge in [0.05, 0.1) is 10.6 Å². The molecule has 2 aromatic rings. The smallest absolute Gasteiger partial charge is 0.243 e. The maximum Gasteiger partial charge on any atom is 0.243 e. The fourth-order valence-electron chi connectivity index (χ4n) is 3.14. The van der Waals surface area contributed by atoms with Gasteiger partial charge in [-0.1, -0.05) is 30.3 Å². The number of sulfonamides is 1. The van der Waals surface area contributed by atoms with E-state index in [1.54, 1.807) is 43.3 Å². The molecule has 26 heavy (non-hydrogen) atoms. The molecular weight excluding hydrogens is 355 g/mol. The number of carbonyl (C=O) groups is 1. The third-order valence-electron chi connectivity index (χ3n) is 4.67. The predicted molar refractivity (Wildman–Crippen MR) is 97.7 cm³/mol. The van der Waals surface area contributed by atoms with Crippen LogP contribution in [0.15, 0.2) is 53.4 Å². The molecule has 1 heterocycles. The Morgan fingerprint density at radius 1 is 1.08 bits per heavy atom. The van der Waals surface area contributed by atoms with Gasteiger partial charge in [-0.15, -0.1) is 0 Å². The van der Waals surface area contributed by atoms with E-state index in [9.17, 15) is 17.6 Å². The van der Waals surface area contributed by atoms with Gasteiger partial charge < -0.3 is 5.32 Å². The number of halogens is 1. The zero-order valence-electron chi connectivity index (χ0n) is 14.5. The first-order valence-corrected chi connectivity index (χ1v) is 9.95. The zero-order valence-corrected chi connectivity index (χ0v) is 15.3. The second kappa shape index (κ2) is 7.55. The summed E-state index contributed by atoms with van der Waals surface area (Å²) < 4.78 is 40.7. The third kappa shape index (κ3) is 3.78. The highest BCUT2D eigenvalue weighted by atomic mass is 32.2. The highest BCUT2D eigenvalue weighted by Crippen LogP contribution is 2.26. The van der Waals surface area contributed by atoms with Crippen LogP contribution in [0.2, 0.25) is 0 Å². The second-order valence-electron chi connectivity index (χ2n) is 6.41. The standard InChI is InChI=1S/C19H21FN2O3S/c1-14-6-2-5-9-18(14)26(24,25)22-12-10-15(11-13-22)19(23)21-17-8-4-3-7-16(17)20/h2-9,15H,10-13H2,1H3,(H,21,23). The van der Waals surface area contributed by atoms with Crippen LogP contribution in [0.25, 0.3) is 0 Å². The first kappa shape index (κ1) is 18.5. The van der Waals surface area contributed by atoms with E-state index >= 15 is 0 Å². The van der Waals surface area contributed by atoms with Gasteiger partial charge in [-0.2, -0.15) is 4.31 Å². The Kier molecular flexibility index (Phi) is 5.38. The molecule has 0 aliphatic carbocycles. The van der Waals surface area contributed by atoms with Crippen molar-refractivity contribution in [3.8, 4) is 0 Å². The summed E-state index contributed by atoms with van der Waals surface area (Å²) in [4.78, 5) is 12.7. The number of para-hydroxylation sites is 1. The summed E-state index contributed by atoms with van der Waals surface area (Å²) in [6, 6.07) is 12.9. The van der Waals surface area contributed by atoms with Crippen LogP contribution >= 0.6 is 0 Å². The number of amides is 1. The Bertz CT molecular complexity index is 907. The van der Waals surface area contributed by atoms with Gasteiger partial charge in [0, 0.05) is 19.0 Å². The van der Waals surface area contributed by atoms with Crippen molar-refractivity contribution < 1.29 is 17.6 Å². The first-order valence-electron chi connectivity index (χ1n) is 8.51. The number of nitrogens with one attached hydrogen (secondary N) is 1. The van der Waals surface area contributed by atoms with Gasteiger partial charge >= 0.3 is 0 Å². The Balaban J connectivity index is 1.65. The van der Waals surface area contributed by atoms with Crippen molar-refractivity contribution in [3.63, 3.8) is 0 Å². The van der Waals surface area contributed by atoms with Gasteiger partial charge in [0.15, 0.2) is 0 Å². The number of nitrogens with zero attached hydrogens (tertiary/aromatic N) is 1. The summed E-state index contributed by atoms with van der Waals surface area (Å²) >= 11 is 0. The van der Waals surface area contributed by atoms with E-state index < -0.39 is 15.8 Å². The summed E-state index contributed by atoms with van der Waals surface area (Å²) in [5, 5.41) is 2.59. The molecule has 5 nitrogen and oxygen atoms in total. The lowest BCUT2D eigenvalue weighted by Crippen LogP contribution is -2.41. The van der Waals surface area contributed by atoms with Crippen molar-refractivity contribution in [3.05, 3.63) is 59.9 Å². The minimum atomic E-state index is -3.57. The highest BCUT2D eigenvalue weighted by Gasteiger charge is 2.32. The molecule has 0 bridgehead atoms. The highest BCUT2D eigenvalue weighted by molar-refractivity contribution is 7.89. The number of aryl methyl sites for hydroxylation is 1. The quantitative estimate of drug-likeness (QED) is 0.891. The average Bonchev–Trinajstić information content (AvgIpc) is 2.64. The Labute approximate surface area is 152 Å². The van der Waals surface area contributed by atoms with Crippen LogP contribution in [-0.4, -0.2) is 31.7 Å². The fourth-order valence-corrected chi connectivity index (χ4v) is 4.84. The molecule has 3 rings (SSSR count). The van der Waals surface area contributed by atoms with Crippen molar-refractivity contribution in [2.24, 2.45) is 5.92 Å². The molecule has 1 fully saturated rings. The average molecular weight is 376 g/mol. The van der Waals surface area contributed by atoms with Crippen LogP contribution in [0.1, 0.15) is 18.4 Å². The van der Waals surface area contributed by atoms with Crippen molar-refractivity contribution in [2.75, 3.05) is 18.4 Å². The third-order valence-corrected chi connectivity index (χ3v) is 6.73. The molecule has 1 N–H and O–H groups in total. The SMILES string of the molecule is Cc1ccccc1S(=O)(=O)N1CCC(C(=O)Nc2ccccc2F)CC1. The maximum atomic E-state index is 13.7. The summed E-state index contributed by atoms with van der Waals surface area (Å²) in [5.41, 5.74) is 0.847. The molecule has 7 heteroatoms. The van der Waals surface area contributed by atoms with Gasteiger partial charge in [0.2, 0.25) is 15.9 Å². The molecule has 0 aromatic heterocycles. The van der Waals surface area contributed by atoms with E-state index in [0.717, 1.165) is 0 Å². The Hall–Kier alpha value is -2.25. The molecule has 0 saturated carbocycles. The fraction of sp³-hybridized carbons (Fsp3) is 0.316. The molecule has 2 aromatic carbocycles. The van der Waals surface area contributed by atoms with E-state index in [-0.39, 0.29) is 30.6 Å². The molecule has 1 aliphatic rings. The number of anilines is 1. The molecule has 1 aliphatic heterocycles. The summed E-state index contributed by atoms with van der Waals surface area (Å²) in [5.74, 6) is -1.10. The molecule has 1 amide bonds. The molecule has 1 saturated heterocycles. The topological polar surface area (TPSA) is 66.5 Å². The van der Waals surface area contributed by atoms with E-state index in [0.29, 0.717) is 23.3 Å². The first-order chi connectivity index (χ1) is 12.4. The number of piperidine rings is 1. The molecule has 0 unspecified atom stereocenters. The van der Waals surface area contributed by atoms with Gasteiger partial charge in [0.25, 0.3) is 0 Å². The van der Waals surface area contributed by atoms with E-state index in [1.807, 2.05) is 0 Å². The predicted octanol–water partition coefficient (Wildman–Crippen LogP) is 3.17. The van der Waals surface area contributed by atoms with Gasteiger partial charge in [-0.05, 0) is 43.5 Å². The lowest BCUT2D eigenvalue weighted by Gasteiger charge is -2.31. The van der Waals surface area contributed by atoms with E-state index in [4.69, 9.17) is 0 Å². The minimum absolute atomic E-state index is 0.146. The molecule has 0 atom stereocenters. The number of carbonyl (C=O) groups excluding carboxylic acids is 1. The van der Waals surface area contributed by atoms with E-state index in [2.05, 4.69) is 5.32 Å². The van der Waals surface area contributed by atoms with Crippen LogP contribution in [-0.2, 0) is 14.8 Å². The number of hydrogen-bond acceptors (Lipinski definition) is 3. The van der Waals surface area contributed by atoms with Crippen molar-refractivity contribution in [2.45, 2.75) is 24.7 Å². The van der Waals surface area contributed by atoms with Gasteiger partial charge in [0.1, 0.15) is 5.82 Å². The van der Waals surface area contributed by atoms with Crippen molar-refractivity contribution in [1.29, 1.82) is 0 Å². The lowest BCUT2D eigenvalue weighted by molar-refractivity contribution is -0.120. The zero-order chi connectivity index (χ0) is 18.7. The van der Waals surface area contributed by atoms with Crippen LogP contribution < -0.4 is 5.32 Å². The molecule has 0 spiro atoms.